The van der Waals surface area contributed by atoms with Crippen molar-refractivity contribution >= 4 is 27.5 Å². The molecule has 6 aromatic rings. The van der Waals surface area contributed by atoms with Gasteiger partial charge in [-0.25, -0.2) is 9.67 Å². The average Bonchev–Trinajstić information content (AvgIpc) is 3.42. The number of hydrogen-bond acceptors (Lipinski definition) is 5. The predicted molar refractivity (Wildman–Crippen MR) is 118 cm³/mol. The van der Waals surface area contributed by atoms with Crippen LogP contribution in [0, 0.1) is 6.92 Å². The Labute approximate surface area is 177 Å². The van der Waals surface area contributed by atoms with Crippen LogP contribution in [0.3, 0.4) is 0 Å². The molecule has 0 radical (unpaired) electrons. The molecule has 3 heterocycles. The molecule has 0 amide bonds. The Morgan fingerprint density at radius 2 is 1.71 bits per heavy atom. The van der Waals surface area contributed by atoms with E-state index in [1.54, 1.807) is 12.5 Å². The molecule has 0 spiro atoms. The van der Waals surface area contributed by atoms with E-state index in [1.165, 1.54) is 10.9 Å². The number of rotatable bonds is 4. The Kier molecular flexibility index (Phi) is 3.92. The minimum atomic E-state index is 0.290. The molecule has 0 bridgehead atoms. The first-order valence-corrected chi connectivity index (χ1v) is 10.0. The van der Waals surface area contributed by atoms with Gasteiger partial charge in [-0.15, -0.1) is 10.2 Å². The number of aromatic nitrogens is 6. The second kappa shape index (κ2) is 6.91. The summed E-state index contributed by atoms with van der Waals surface area (Å²) < 4.78 is 9.66. The van der Waals surface area contributed by atoms with Gasteiger partial charge in [-0.3, -0.25) is 4.40 Å². The molecule has 0 fully saturated rings. The minimum absolute atomic E-state index is 0.290. The molecule has 0 aliphatic carbocycles. The summed E-state index contributed by atoms with van der Waals surface area (Å²) in [7, 11) is 0. The quantitative estimate of drug-likeness (QED) is 0.431. The highest BCUT2D eigenvalue weighted by Gasteiger charge is 2.14. The molecule has 0 N–H and O–H groups in total. The van der Waals surface area contributed by atoms with Gasteiger partial charge in [0.25, 0.3) is 0 Å². The van der Waals surface area contributed by atoms with E-state index in [4.69, 9.17) is 4.74 Å². The van der Waals surface area contributed by atoms with E-state index in [-0.39, 0.29) is 0 Å². The topological polar surface area (TPSA) is 70.1 Å². The molecule has 150 valence electrons. The summed E-state index contributed by atoms with van der Waals surface area (Å²) in [5.74, 6) is 1.47. The first-order chi connectivity index (χ1) is 15.3. The lowest BCUT2D eigenvalue weighted by Crippen LogP contribution is -2.03. The molecule has 3 aromatic carbocycles. The molecule has 31 heavy (non-hydrogen) atoms. The molecule has 6 rings (SSSR count). The van der Waals surface area contributed by atoms with Gasteiger partial charge in [-0.05, 0) is 42.0 Å². The van der Waals surface area contributed by atoms with Crippen LogP contribution in [0.15, 0.2) is 79.3 Å². The molecule has 3 aromatic heterocycles. The summed E-state index contributed by atoms with van der Waals surface area (Å²) >= 11 is 0. The van der Waals surface area contributed by atoms with E-state index in [0.29, 0.717) is 18.1 Å². The number of hydrogen-bond donors (Lipinski definition) is 0. The first-order valence-electron chi connectivity index (χ1n) is 10.0. The lowest BCUT2D eigenvalue weighted by molar-refractivity contribution is 0.295. The number of benzene rings is 3. The molecular weight excluding hydrogens is 388 g/mol. The molecule has 0 aliphatic rings. The highest BCUT2D eigenvalue weighted by atomic mass is 16.5. The van der Waals surface area contributed by atoms with Gasteiger partial charge in [-0.1, -0.05) is 48.0 Å². The lowest BCUT2D eigenvalue weighted by atomic mass is 10.1. The van der Waals surface area contributed by atoms with Crippen molar-refractivity contribution in [1.82, 2.24) is 29.4 Å². The molecule has 0 aliphatic heterocycles. The van der Waals surface area contributed by atoms with Crippen LogP contribution in [-0.2, 0) is 6.61 Å². The maximum absolute atomic E-state index is 5.99. The van der Waals surface area contributed by atoms with Crippen molar-refractivity contribution in [2.75, 3.05) is 0 Å². The van der Waals surface area contributed by atoms with Crippen LogP contribution in [0.5, 0.6) is 5.75 Å². The molecule has 0 unspecified atom stereocenters. The van der Waals surface area contributed by atoms with Crippen LogP contribution >= 0.6 is 0 Å². The predicted octanol–water partition coefficient (Wildman–Crippen LogP) is 4.50. The van der Waals surface area contributed by atoms with E-state index >= 15 is 0 Å². The van der Waals surface area contributed by atoms with Gasteiger partial charge in [-0.2, -0.15) is 5.10 Å². The van der Waals surface area contributed by atoms with Crippen molar-refractivity contribution in [2.45, 2.75) is 13.5 Å². The minimum Gasteiger partial charge on any atom is -0.486 e. The Balaban J connectivity index is 1.33. The van der Waals surface area contributed by atoms with Gasteiger partial charge in [0.1, 0.15) is 18.7 Å². The molecular formula is C24H18N6O. The van der Waals surface area contributed by atoms with E-state index in [9.17, 15) is 0 Å². The first kappa shape index (κ1) is 17.6. The van der Waals surface area contributed by atoms with Crippen LogP contribution in [0.2, 0.25) is 0 Å². The van der Waals surface area contributed by atoms with Crippen molar-refractivity contribution < 1.29 is 4.74 Å². The number of ether oxygens (including phenoxy) is 1. The van der Waals surface area contributed by atoms with Crippen LogP contribution in [0.4, 0.5) is 0 Å². The molecule has 0 saturated carbocycles. The fourth-order valence-corrected chi connectivity index (χ4v) is 3.74. The van der Waals surface area contributed by atoms with Crippen molar-refractivity contribution in [2.24, 2.45) is 0 Å². The largest absolute Gasteiger partial charge is 0.486 e. The van der Waals surface area contributed by atoms with Gasteiger partial charge in [0.15, 0.2) is 17.1 Å². The van der Waals surface area contributed by atoms with Crippen LogP contribution in [0.25, 0.3) is 33.1 Å². The smallest absolute Gasteiger partial charge is 0.176 e. The standard InChI is InChI=1S/C24H18N6O/c1-16-6-9-19(10-7-16)30-23-21(13-26-30)24-28-27-22(29(24)15-25-23)14-31-20-11-8-17-4-2-3-5-18(17)12-20/h2-13,15H,14H2,1H3. The van der Waals surface area contributed by atoms with Crippen molar-refractivity contribution in [3.8, 4) is 11.4 Å². The summed E-state index contributed by atoms with van der Waals surface area (Å²) in [6, 6.07) is 22.4. The number of nitrogens with zero attached hydrogens (tertiary/aromatic N) is 6. The summed E-state index contributed by atoms with van der Waals surface area (Å²) in [5, 5.41) is 16.4. The molecule has 0 saturated heterocycles. The number of aryl methyl sites for hydroxylation is 1. The second-order valence-electron chi connectivity index (χ2n) is 7.48. The van der Waals surface area contributed by atoms with E-state index in [2.05, 4.69) is 57.5 Å². The molecule has 7 nitrogen and oxygen atoms in total. The summed E-state index contributed by atoms with van der Waals surface area (Å²) in [5.41, 5.74) is 3.60. The van der Waals surface area contributed by atoms with E-state index < -0.39 is 0 Å². The Bertz CT molecular complexity index is 1550. The SMILES string of the molecule is Cc1ccc(-n2ncc3c2ncn2c(COc4ccc5ccccc5c4)nnc32)cc1. The normalized spacial score (nSPS) is 11.5. The second-order valence-corrected chi connectivity index (χ2v) is 7.48. The average molecular weight is 406 g/mol. The fourth-order valence-electron chi connectivity index (χ4n) is 3.74. The third-order valence-corrected chi connectivity index (χ3v) is 5.41. The summed E-state index contributed by atoms with van der Waals surface area (Å²) in [4.78, 5) is 4.62. The highest BCUT2D eigenvalue weighted by Crippen LogP contribution is 2.23. The third kappa shape index (κ3) is 2.98. The van der Waals surface area contributed by atoms with Crippen LogP contribution in [0.1, 0.15) is 11.4 Å². The molecule has 7 heteroatoms. The van der Waals surface area contributed by atoms with E-state index in [1.807, 2.05) is 45.5 Å². The van der Waals surface area contributed by atoms with Crippen molar-refractivity contribution in [1.29, 1.82) is 0 Å². The number of fused-ring (bicyclic) bond motifs is 4. The van der Waals surface area contributed by atoms with Gasteiger partial charge in [0, 0.05) is 0 Å². The fraction of sp³-hybridized carbons (Fsp3) is 0.0833. The summed E-state index contributed by atoms with van der Waals surface area (Å²) in [6.45, 7) is 2.35. The monoisotopic (exact) mass is 406 g/mol. The maximum atomic E-state index is 5.99. The highest BCUT2D eigenvalue weighted by molar-refractivity contribution is 5.89. The maximum Gasteiger partial charge on any atom is 0.176 e. The molecule has 0 atom stereocenters. The zero-order valence-corrected chi connectivity index (χ0v) is 16.8. The van der Waals surface area contributed by atoms with Gasteiger partial charge < -0.3 is 4.74 Å². The van der Waals surface area contributed by atoms with Gasteiger partial charge >= 0.3 is 0 Å². The van der Waals surface area contributed by atoms with Gasteiger partial charge in [0.05, 0.1) is 17.3 Å². The Morgan fingerprint density at radius 3 is 2.58 bits per heavy atom. The van der Waals surface area contributed by atoms with Gasteiger partial charge in [0.2, 0.25) is 0 Å². The third-order valence-electron chi connectivity index (χ3n) is 5.41. The van der Waals surface area contributed by atoms with Crippen molar-refractivity contribution in [3.05, 3.63) is 90.6 Å². The zero-order chi connectivity index (χ0) is 20.8. The summed E-state index contributed by atoms with van der Waals surface area (Å²) in [6.07, 6.45) is 3.50. The van der Waals surface area contributed by atoms with E-state index in [0.717, 1.165) is 27.9 Å². The zero-order valence-electron chi connectivity index (χ0n) is 16.8. The Hall–Kier alpha value is -4.26. The van der Waals surface area contributed by atoms with Crippen LogP contribution in [-0.4, -0.2) is 29.4 Å². The Morgan fingerprint density at radius 1 is 0.871 bits per heavy atom. The van der Waals surface area contributed by atoms with Crippen LogP contribution < -0.4 is 4.74 Å². The lowest BCUT2D eigenvalue weighted by Gasteiger charge is -2.07. The van der Waals surface area contributed by atoms with Crippen molar-refractivity contribution in [3.63, 3.8) is 0 Å².